The first-order chi connectivity index (χ1) is 26.8. The molecule has 0 atom stereocenters. The van der Waals surface area contributed by atoms with Gasteiger partial charge in [-0.15, -0.1) is 0 Å². The Balaban J connectivity index is 1.22. The monoisotopic (exact) mass is 705 g/mol. The van der Waals surface area contributed by atoms with Crippen molar-refractivity contribution < 1.29 is 0 Å². The van der Waals surface area contributed by atoms with Crippen molar-refractivity contribution in [3.8, 4) is 55.6 Å². The van der Waals surface area contributed by atoms with Crippen molar-refractivity contribution in [3.05, 3.63) is 210 Å². The van der Waals surface area contributed by atoms with E-state index in [1.54, 1.807) is 0 Å². The zero-order chi connectivity index (χ0) is 37.3. The average molecular weight is 706 g/mol. The van der Waals surface area contributed by atoms with E-state index in [1.165, 1.54) is 83.6 Å². The molecule has 8 aromatic rings. The first-order valence-corrected chi connectivity index (χ1v) is 19.4. The summed E-state index contributed by atoms with van der Waals surface area (Å²) in [5.41, 5.74) is 21.3. The number of hydrogen-bond donors (Lipinski definition) is 0. The maximum atomic E-state index is 2.53. The zero-order valence-corrected chi connectivity index (χ0v) is 31.8. The molecule has 2 aliphatic carbocycles. The highest BCUT2D eigenvalue weighted by molar-refractivity contribution is 5.97. The molecule has 2 aliphatic rings. The van der Waals surface area contributed by atoms with Gasteiger partial charge in [-0.1, -0.05) is 167 Å². The van der Waals surface area contributed by atoms with Crippen molar-refractivity contribution in [3.63, 3.8) is 0 Å². The van der Waals surface area contributed by atoms with Crippen LogP contribution in [0.5, 0.6) is 0 Å². The molecule has 0 amide bonds. The van der Waals surface area contributed by atoms with E-state index >= 15 is 0 Å². The van der Waals surface area contributed by atoms with Crippen LogP contribution in [0.3, 0.4) is 0 Å². The summed E-state index contributed by atoms with van der Waals surface area (Å²) in [6.45, 7) is 9.63. The Morgan fingerprint density at radius 3 is 1.25 bits per heavy atom. The van der Waals surface area contributed by atoms with Crippen LogP contribution >= 0.6 is 0 Å². The van der Waals surface area contributed by atoms with Crippen molar-refractivity contribution in [1.29, 1.82) is 0 Å². The third kappa shape index (κ3) is 5.29. The van der Waals surface area contributed by atoms with Gasteiger partial charge in [-0.2, -0.15) is 0 Å². The molecule has 8 aromatic carbocycles. The molecule has 0 spiro atoms. The van der Waals surface area contributed by atoms with Crippen molar-refractivity contribution in [2.24, 2.45) is 0 Å². The smallest absolute Gasteiger partial charge is 0.0514 e. The van der Waals surface area contributed by atoms with Gasteiger partial charge in [0.05, 0.1) is 5.69 Å². The minimum absolute atomic E-state index is 0.0826. The summed E-state index contributed by atoms with van der Waals surface area (Å²) in [6.07, 6.45) is 0. The first-order valence-electron chi connectivity index (χ1n) is 19.4. The molecule has 264 valence electrons. The van der Waals surface area contributed by atoms with Crippen LogP contribution in [0, 0.1) is 0 Å². The summed E-state index contributed by atoms with van der Waals surface area (Å²) in [6, 6.07) is 69.4. The molecule has 1 heteroatoms. The number of hydrogen-bond acceptors (Lipinski definition) is 1. The molecule has 0 bridgehead atoms. The van der Waals surface area contributed by atoms with Gasteiger partial charge in [-0.25, -0.2) is 0 Å². The van der Waals surface area contributed by atoms with Gasteiger partial charge in [0.1, 0.15) is 0 Å². The maximum Gasteiger partial charge on any atom is 0.0514 e. The van der Waals surface area contributed by atoms with Crippen LogP contribution in [0.25, 0.3) is 55.6 Å². The van der Waals surface area contributed by atoms with Crippen LogP contribution in [-0.2, 0) is 10.8 Å². The lowest BCUT2D eigenvalue weighted by Crippen LogP contribution is -2.21. The van der Waals surface area contributed by atoms with Crippen LogP contribution in [0.2, 0.25) is 0 Å². The second-order valence-corrected chi connectivity index (χ2v) is 16.2. The minimum atomic E-state index is -0.266. The fourth-order valence-electron chi connectivity index (χ4n) is 9.39. The summed E-state index contributed by atoms with van der Waals surface area (Å²) in [4.78, 5) is 2.50. The number of rotatable bonds is 6. The topological polar surface area (TPSA) is 3.24 Å². The van der Waals surface area contributed by atoms with Crippen molar-refractivity contribution >= 4 is 17.1 Å². The first kappa shape index (κ1) is 33.2. The zero-order valence-electron chi connectivity index (χ0n) is 31.8. The molecule has 0 unspecified atom stereocenters. The predicted octanol–water partition coefficient (Wildman–Crippen LogP) is 14.8. The van der Waals surface area contributed by atoms with Crippen LogP contribution in [0.1, 0.15) is 49.9 Å². The van der Waals surface area contributed by atoms with Gasteiger partial charge in [-0.3, -0.25) is 0 Å². The SMILES string of the molecule is CC1(C)c2ccccc2-c2cc3c(cc21)-c1cc(-c2ccccc2)cc(N(c2ccc(-c4ccccc4)cc2)c2ccc(-c4ccccc4)cc2)c1C3(C)C. The fourth-order valence-corrected chi connectivity index (χ4v) is 9.39. The van der Waals surface area contributed by atoms with Gasteiger partial charge in [-0.05, 0) is 126 Å². The molecule has 0 aliphatic heterocycles. The lowest BCUT2D eigenvalue weighted by molar-refractivity contribution is 0.652. The van der Waals surface area contributed by atoms with Gasteiger partial charge < -0.3 is 4.90 Å². The maximum absolute atomic E-state index is 2.53. The Kier molecular flexibility index (Phi) is 7.58. The van der Waals surface area contributed by atoms with E-state index in [2.05, 4.69) is 221 Å². The van der Waals surface area contributed by atoms with Crippen LogP contribution in [-0.4, -0.2) is 0 Å². The lowest BCUT2D eigenvalue weighted by Gasteiger charge is -2.33. The normalized spacial score (nSPS) is 14.1. The minimum Gasteiger partial charge on any atom is -0.310 e. The Hall–Kier alpha value is -6.44. The molecule has 0 heterocycles. The third-order valence-electron chi connectivity index (χ3n) is 12.2. The largest absolute Gasteiger partial charge is 0.310 e. The molecule has 0 saturated heterocycles. The van der Waals surface area contributed by atoms with Gasteiger partial charge in [0, 0.05) is 22.2 Å². The number of anilines is 3. The quantitative estimate of drug-likeness (QED) is 0.166. The van der Waals surface area contributed by atoms with E-state index in [9.17, 15) is 0 Å². The third-order valence-corrected chi connectivity index (χ3v) is 12.2. The summed E-state index contributed by atoms with van der Waals surface area (Å²) in [5.74, 6) is 0. The van der Waals surface area contributed by atoms with Gasteiger partial charge in [0.15, 0.2) is 0 Å². The Morgan fingerprint density at radius 2 is 0.727 bits per heavy atom. The van der Waals surface area contributed by atoms with E-state index in [4.69, 9.17) is 0 Å². The second-order valence-electron chi connectivity index (χ2n) is 16.2. The van der Waals surface area contributed by atoms with Gasteiger partial charge in [0.2, 0.25) is 0 Å². The highest BCUT2D eigenvalue weighted by Crippen LogP contribution is 2.59. The summed E-state index contributed by atoms with van der Waals surface area (Å²) >= 11 is 0. The molecular weight excluding hydrogens is 663 g/mol. The summed E-state index contributed by atoms with van der Waals surface area (Å²) in [5, 5.41) is 0. The van der Waals surface area contributed by atoms with Crippen molar-refractivity contribution in [1.82, 2.24) is 0 Å². The second kappa shape index (κ2) is 12.6. The Bertz CT molecular complexity index is 2620. The summed E-state index contributed by atoms with van der Waals surface area (Å²) in [7, 11) is 0. The van der Waals surface area contributed by atoms with Crippen LogP contribution < -0.4 is 4.90 Å². The molecule has 0 aromatic heterocycles. The lowest BCUT2D eigenvalue weighted by atomic mass is 9.78. The summed E-state index contributed by atoms with van der Waals surface area (Å²) < 4.78 is 0. The van der Waals surface area contributed by atoms with Gasteiger partial charge >= 0.3 is 0 Å². The number of benzene rings is 8. The molecule has 0 N–H and O–H groups in total. The number of nitrogens with zero attached hydrogens (tertiary/aromatic N) is 1. The Morgan fingerprint density at radius 1 is 0.309 bits per heavy atom. The molecule has 55 heavy (non-hydrogen) atoms. The highest BCUT2D eigenvalue weighted by Gasteiger charge is 2.43. The fraction of sp³-hybridized carbons (Fsp3) is 0.111. The van der Waals surface area contributed by atoms with E-state index < -0.39 is 0 Å². The molecular formula is C54H43N. The van der Waals surface area contributed by atoms with Crippen molar-refractivity contribution in [2.45, 2.75) is 38.5 Å². The van der Waals surface area contributed by atoms with E-state index in [1.807, 2.05) is 0 Å². The molecule has 0 radical (unpaired) electrons. The molecule has 10 rings (SSSR count). The predicted molar refractivity (Wildman–Crippen MR) is 233 cm³/mol. The van der Waals surface area contributed by atoms with Crippen LogP contribution in [0.4, 0.5) is 17.1 Å². The molecule has 1 nitrogen and oxygen atoms in total. The highest BCUT2D eigenvalue weighted by atomic mass is 15.1. The van der Waals surface area contributed by atoms with E-state index in [-0.39, 0.29) is 10.8 Å². The Labute approximate surface area is 325 Å². The van der Waals surface area contributed by atoms with Gasteiger partial charge in [0.25, 0.3) is 0 Å². The standard InChI is InChI=1S/C54H43N/c1-53(2)48-23-15-14-22-44(48)45-34-50-46(35-49(45)53)47-32-41(38-20-12-7-13-21-38)33-51(52(47)54(50,3)4)55(42-28-24-39(25-29-42)36-16-8-5-9-17-36)43-30-26-40(27-31-43)37-18-10-6-11-19-37/h5-35H,1-4H3. The number of fused-ring (bicyclic) bond motifs is 6. The van der Waals surface area contributed by atoms with Crippen LogP contribution in [0.15, 0.2) is 188 Å². The average Bonchev–Trinajstić information content (AvgIpc) is 3.60. The van der Waals surface area contributed by atoms with Crippen molar-refractivity contribution in [2.75, 3.05) is 4.90 Å². The molecule has 0 fully saturated rings. The van der Waals surface area contributed by atoms with E-state index in [0.717, 1.165) is 11.4 Å². The molecule has 0 saturated carbocycles. The van der Waals surface area contributed by atoms with E-state index in [0.29, 0.717) is 0 Å².